The van der Waals surface area contributed by atoms with Crippen molar-refractivity contribution in [1.29, 1.82) is 0 Å². The molecule has 1 atom stereocenters. The molecule has 0 bridgehead atoms. The summed E-state index contributed by atoms with van der Waals surface area (Å²) >= 11 is 3.21. The number of phenolic OH excluding ortho intramolecular Hbond substituents is 1. The molecular weight excluding hydrogens is 250 g/mol. The van der Waals surface area contributed by atoms with Crippen LogP contribution in [0.3, 0.4) is 0 Å². The number of phenols is 1. The Kier molecular flexibility index (Phi) is 3.13. The minimum atomic E-state index is -1.12. The van der Waals surface area contributed by atoms with E-state index in [1.807, 2.05) is 0 Å². The summed E-state index contributed by atoms with van der Waals surface area (Å²) in [6.45, 7) is 1.72. The fourth-order valence-electron chi connectivity index (χ4n) is 1.01. The Labute approximate surface area is 89.5 Å². The summed E-state index contributed by atoms with van der Waals surface area (Å²) < 4.78 is 0.643. The average molecular weight is 260 g/mol. The number of aromatic hydroxyl groups is 1. The van der Waals surface area contributed by atoms with Crippen LogP contribution in [0.2, 0.25) is 0 Å². The molecule has 1 rings (SSSR count). The highest BCUT2D eigenvalue weighted by atomic mass is 79.9. The molecule has 4 N–H and O–H groups in total. The highest BCUT2D eigenvalue weighted by Crippen LogP contribution is 2.29. The normalized spacial score (nSPS) is 12.5. The molecule has 14 heavy (non-hydrogen) atoms. The molecule has 0 aromatic heterocycles. The van der Waals surface area contributed by atoms with Gasteiger partial charge in [-0.15, -0.1) is 0 Å². The van der Waals surface area contributed by atoms with Crippen molar-refractivity contribution in [1.82, 2.24) is 0 Å². The van der Waals surface area contributed by atoms with Gasteiger partial charge in [0.25, 0.3) is 0 Å². The molecule has 0 aliphatic rings. The van der Waals surface area contributed by atoms with Crippen LogP contribution in [0.5, 0.6) is 5.75 Å². The summed E-state index contributed by atoms with van der Waals surface area (Å²) in [5.41, 5.74) is 6.42. The standard InChI is InChI=1S/C9H10BrNO3/c1-4-6(10)2-5(3-7(4)12)8(11)9(13)14/h2-3,8,12H,11H2,1H3,(H,13,14). The molecule has 1 unspecified atom stereocenters. The number of benzene rings is 1. The number of hydrogen-bond donors (Lipinski definition) is 3. The Morgan fingerprint density at radius 3 is 2.57 bits per heavy atom. The highest BCUT2D eigenvalue weighted by molar-refractivity contribution is 9.10. The lowest BCUT2D eigenvalue weighted by atomic mass is 10.1. The smallest absolute Gasteiger partial charge is 0.325 e. The van der Waals surface area contributed by atoms with Gasteiger partial charge < -0.3 is 15.9 Å². The highest BCUT2D eigenvalue weighted by Gasteiger charge is 2.16. The van der Waals surface area contributed by atoms with Gasteiger partial charge in [-0.25, -0.2) is 0 Å². The van der Waals surface area contributed by atoms with Gasteiger partial charge in [-0.05, 0) is 24.6 Å². The Morgan fingerprint density at radius 2 is 2.14 bits per heavy atom. The summed E-state index contributed by atoms with van der Waals surface area (Å²) in [7, 11) is 0. The van der Waals surface area contributed by atoms with Crippen LogP contribution in [0, 0.1) is 6.92 Å². The SMILES string of the molecule is Cc1c(O)cc(C(N)C(=O)O)cc1Br. The van der Waals surface area contributed by atoms with Gasteiger partial charge in [0, 0.05) is 10.0 Å². The molecule has 0 heterocycles. The predicted molar refractivity (Wildman–Crippen MR) is 55.1 cm³/mol. The van der Waals surface area contributed by atoms with Crippen molar-refractivity contribution in [2.24, 2.45) is 5.73 Å². The number of hydrogen-bond acceptors (Lipinski definition) is 3. The van der Waals surface area contributed by atoms with Gasteiger partial charge in [-0.2, -0.15) is 0 Å². The molecule has 4 nitrogen and oxygen atoms in total. The van der Waals surface area contributed by atoms with Crippen LogP contribution >= 0.6 is 15.9 Å². The largest absolute Gasteiger partial charge is 0.508 e. The minimum Gasteiger partial charge on any atom is -0.508 e. The summed E-state index contributed by atoms with van der Waals surface area (Å²) in [6, 6.07) is 1.84. The first kappa shape index (κ1) is 11.0. The average Bonchev–Trinajstić information content (AvgIpc) is 2.12. The van der Waals surface area contributed by atoms with Gasteiger partial charge in [0.1, 0.15) is 11.8 Å². The molecule has 0 amide bonds. The Balaban J connectivity index is 3.19. The lowest BCUT2D eigenvalue weighted by molar-refractivity contribution is -0.138. The van der Waals surface area contributed by atoms with Crippen LogP contribution in [0.25, 0.3) is 0 Å². The van der Waals surface area contributed by atoms with E-state index in [-0.39, 0.29) is 5.75 Å². The number of halogens is 1. The fourth-order valence-corrected chi connectivity index (χ4v) is 1.47. The van der Waals surface area contributed by atoms with Crippen molar-refractivity contribution in [2.45, 2.75) is 13.0 Å². The molecule has 76 valence electrons. The van der Waals surface area contributed by atoms with E-state index in [0.717, 1.165) is 0 Å². The lowest BCUT2D eigenvalue weighted by Crippen LogP contribution is -2.20. The van der Waals surface area contributed by atoms with Crippen LogP contribution in [-0.4, -0.2) is 16.2 Å². The van der Waals surface area contributed by atoms with Gasteiger partial charge in [0.2, 0.25) is 0 Å². The molecule has 0 fully saturated rings. The molecule has 0 aliphatic heterocycles. The predicted octanol–water partition coefficient (Wildman–Crippen LogP) is 1.55. The van der Waals surface area contributed by atoms with Gasteiger partial charge in [-0.3, -0.25) is 4.79 Å². The zero-order chi connectivity index (χ0) is 10.9. The number of aliphatic carboxylic acids is 1. The number of carboxylic acids is 1. The maximum Gasteiger partial charge on any atom is 0.325 e. The van der Waals surface area contributed by atoms with Crippen molar-refractivity contribution in [3.05, 3.63) is 27.7 Å². The minimum absolute atomic E-state index is 0.0334. The van der Waals surface area contributed by atoms with Crippen LogP contribution < -0.4 is 5.73 Å². The fraction of sp³-hybridized carbons (Fsp3) is 0.222. The van der Waals surface area contributed by atoms with E-state index >= 15 is 0 Å². The molecular formula is C9H10BrNO3. The molecule has 1 aromatic rings. The maximum absolute atomic E-state index is 10.6. The monoisotopic (exact) mass is 259 g/mol. The first-order valence-electron chi connectivity index (χ1n) is 3.91. The third-order valence-corrected chi connectivity index (χ3v) is 2.79. The van der Waals surface area contributed by atoms with E-state index in [0.29, 0.717) is 15.6 Å². The van der Waals surface area contributed by atoms with Crippen molar-refractivity contribution in [2.75, 3.05) is 0 Å². The molecule has 0 saturated carbocycles. The molecule has 0 spiro atoms. The van der Waals surface area contributed by atoms with E-state index in [1.54, 1.807) is 13.0 Å². The van der Waals surface area contributed by atoms with E-state index in [4.69, 9.17) is 10.8 Å². The van der Waals surface area contributed by atoms with Crippen molar-refractivity contribution in [3.63, 3.8) is 0 Å². The van der Waals surface area contributed by atoms with Crippen LogP contribution in [0.4, 0.5) is 0 Å². The van der Waals surface area contributed by atoms with Crippen LogP contribution in [0.15, 0.2) is 16.6 Å². The number of carbonyl (C=O) groups is 1. The van der Waals surface area contributed by atoms with E-state index in [2.05, 4.69) is 15.9 Å². The second-order valence-corrected chi connectivity index (χ2v) is 3.82. The third-order valence-electron chi connectivity index (χ3n) is 1.96. The topological polar surface area (TPSA) is 83.5 Å². The van der Waals surface area contributed by atoms with Crippen molar-refractivity contribution >= 4 is 21.9 Å². The Hall–Kier alpha value is -1.07. The second kappa shape index (κ2) is 3.98. The van der Waals surface area contributed by atoms with E-state index < -0.39 is 12.0 Å². The van der Waals surface area contributed by atoms with Gasteiger partial charge in [0.15, 0.2) is 0 Å². The summed E-state index contributed by atoms with van der Waals surface area (Å²) in [5, 5.41) is 18.1. The molecule has 1 aromatic carbocycles. The molecule has 0 saturated heterocycles. The molecule has 5 heteroatoms. The summed E-state index contributed by atoms with van der Waals surface area (Å²) in [4.78, 5) is 10.6. The summed E-state index contributed by atoms with van der Waals surface area (Å²) in [6.07, 6.45) is 0. The second-order valence-electron chi connectivity index (χ2n) is 2.96. The van der Waals surface area contributed by atoms with Crippen molar-refractivity contribution in [3.8, 4) is 5.75 Å². The number of carboxylic acid groups (broad SMARTS) is 1. The zero-order valence-electron chi connectivity index (χ0n) is 7.49. The van der Waals surface area contributed by atoms with Gasteiger partial charge >= 0.3 is 5.97 Å². The van der Waals surface area contributed by atoms with E-state index in [9.17, 15) is 9.90 Å². The third kappa shape index (κ3) is 2.05. The Morgan fingerprint density at radius 1 is 1.57 bits per heavy atom. The Bertz CT molecular complexity index is 355. The summed E-state index contributed by atoms with van der Waals surface area (Å²) in [5.74, 6) is -1.09. The number of nitrogens with two attached hydrogens (primary N) is 1. The van der Waals surface area contributed by atoms with Crippen molar-refractivity contribution < 1.29 is 15.0 Å². The maximum atomic E-state index is 10.6. The van der Waals surface area contributed by atoms with Gasteiger partial charge in [0.05, 0.1) is 0 Å². The number of rotatable bonds is 2. The molecule has 0 radical (unpaired) electrons. The van der Waals surface area contributed by atoms with Crippen LogP contribution in [-0.2, 0) is 4.79 Å². The quantitative estimate of drug-likeness (QED) is 0.753. The van der Waals surface area contributed by atoms with E-state index in [1.165, 1.54) is 6.07 Å². The van der Waals surface area contributed by atoms with Gasteiger partial charge in [-0.1, -0.05) is 15.9 Å². The van der Waals surface area contributed by atoms with Crippen LogP contribution in [0.1, 0.15) is 17.2 Å². The molecule has 0 aliphatic carbocycles. The first-order chi connectivity index (χ1) is 6.43. The lowest BCUT2D eigenvalue weighted by Gasteiger charge is -2.10. The first-order valence-corrected chi connectivity index (χ1v) is 4.70. The zero-order valence-corrected chi connectivity index (χ0v) is 9.08.